The van der Waals surface area contributed by atoms with Crippen LogP contribution in [0.5, 0.6) is 5.75 Å². The highest BCUT2D eigenvalue weighted by Gasteiger charge is 2.31. The Morgan fingerprint density at radius 3 is 0.862 bits per heavy atom. The number of hydrogen-bond acceptors (Lipinski definition) is 1. The van der Waals surface area contributed by atoms with Crippen molar-refractivity contribution in [1.82, 2.24) is 0 Å². The molecule has 0 heterocycles. The van der Waals surface area contributed by atoms with Crippen LogP contribution in [0.15, 0.2) is 285 Å². The molecule has 0 unspecified atom stereocenters. The van der Waals surface area contributed by atoms with E-state index in [0.717, 1.165) is 50.5 Å². The van der Waals surface area contributed by atoms with Crippen molar-refractivity contribution < 1.29 is 17.9 Å². The van der Waals surface area contributed by atoms with E-state index < -0.39 is 6.36 Å². The van der Waals surface area contributed by atoms with Crippen LogP contribution in [0.25, 0.3) is 33.0 Å². The molecule has 12 rings (SSSR count). The molecule has 0 spiro atoms. The van der Waals surface area contributed by atoms with Crippen molar-refractivity contribution in [1.29, 1.82) is 0 Å². The minimum absolute atomic E-state index is 0. The first-order valence-electron chi connectivity index (χ1n) is 47.2. The fourth-order valence-corrected chi connectivity index (χ4v) is 14.8. The number of alkyl halides is 3. The summed E-state index contributed by atoms with van der Waals surface area (Å²) in [7, 11) is 0. The quantitative estimate of drug-likeness (QED) is 0.125. The van der Waals surface area contributed by atoms with Crippen LogP contribution in [0.1, 0.15) is 304 Å². The lowest BCUT2D eigenvalue weighted by atomic mass is 9.84. The molecule has 0 aromatic heterocycles. The minimum atomic E-state index is -4.62. The van der Waals surface area contributed by atoms with E-state index in [-0.39, 0.29) is 29.4 Å². The number of rotatable bonds is 11. The molecule has 130 heavy (non-hydrogen) atoms. The molecule has 12 aromatic rings. The van der Waals surface area contributed by atoms with Gasteiger partial charge in [0.2, 0.25) is 0 Å². The summed E-state index contributed by atoms with van der Waals surface area (Å²) < 4.78 is 39.5. The van der Waals surface area contributed by atoms with Crippen LogP contribution in [-0.2, 0) is 62.2 Å². The van der Waals surface area contributed by atoms with Gasteiger partial charge in [0.25, 0.3) is 0 Å². The average Bonchev–Trinajstić information content (AvgIpc) is 0.818. The van der Waals surface area contributed by atoms with E-state index in [1.807, 2.05) is 0 Å². The van der Waals surface area contributed by atoms with Gasteiger partial charge < -0.3 is 4.74 Å². The molecule has 1 nitrogen and oxygen atoms in total. The summed E-state index contributed by atoms with van der Waals surface area (Å²) in [6.07, 6.45) is 4.24. The maximum atomic E-state index is 11.9. The van der Waals surface area contributed by atoms with Gasteiger partial charge in [-0.2, -0.15) is 0 Å². The second-order valence-electron chi connectivity index (χ2n) is 47.7. The van der Waals surface area contributed by atoms with Gasteiger partial charge in [-0.3, -0.25) is 0 Å². The van der Waals surface area contributed by atoms with Gasteiger partial charge in [0.05, 0.1) is 0 Å². The van der Waals surface area contributed by atoms with Crippen LogP contribution in [0.3, 0.4) is 0 Å². The Morgan fingerprint density at radius 2 is 0.492 bits per heavy atom. The Morgan fingerprint density at radius 1 is 0.208 bits per heavy atom. The topological polar surface area (TPSA) is 9.23 Å². The van der Waals surface area contributed by atoms with Crippen molar-refractivity contribution in [3.8, 4) is 28.0 Å². The number of aryl methyl sites for hydroxylation is 6. The number of ether oxygens (including phenoxy) is 1. The Labute approximate surface area is 794 Å². The van der Waals surface area contributed by atoms with Gasteiger partial charge >= 0.3 is 6.36 Å². The van der Waals surface area contributed by atoms with Crippen molar-refractivity contribution >= 4 is 10.8 Å². The Bertz CT molecular complexity index is 5080. The van der Waals surface area contributed by atoms with Gasteiger partial charge in [0, 0.05) is 0 Å². The fourth-order valence-electron chi connectivity index (χ4n) is 14.8. The third-order valence-electron chi connectivity index (χ3n) is 21.0. The molecule has 0 fully saturated rings. The smallest absolute Gasteiger partial charge is 0.406 e. The standard InChI is InChI=1S/2C17H20.C15H24.C14H16.3C13H20.C12H15F3O.C11H16.CH4/c1-17(2,3)13-14-8-7-11-16(12-14)15-9-5-4-6-10-15;1-17(2,3)13-14-9-11-16(12-10-14)15-7-5-4-6-8-15;1-14(2,3)11-12-7-9-13(10-8-12)15(4,5)6;1-14(2,3)13-9-8-11-6-4-5-7-12(11)10-13;2*1-10-6-7-12(8-11(10)2)9-13(3,4)5;1-10-6-7-11(2)12(8-10)9-13(3,4)5;1-11(2,3)8-9-4-6-10(7-5-9)16-12(13,14)15;1-11(2,3)9-10-7-5-4-6-8-10;/h2*4-12H,13H2,1-3H3;7-10H,11H2,1-6H3;4-10H,1-3H3;3*6-8H,9H2,1-5H3;4-7H,8H2,1-3H3;4-8H,9H2,1-3H3;1H4. The van der Waals surface area contributed by atoms with Crippen LogP contribution in [0, 0.1) is 84.9 Å². The van der Waals surface area contributed by atoms with Crippen LogP contribution in [0.2, 0.25) is 0 Å². The molecule has 4 heteroatoms. The molecule has 0 amide bonds. The van der Waals surface area contributed by atoms with Crippen molar-refractivity contribution in [2.24, 2.45) is 43.3 Å². The van der Waals surface area contributed by atoms with E-state index in [4.69, 9.17) is 0 Å². The van der Waals surface area contributed by atoms with Crippen molar-refractivity contribution in [3.63, 3.8) is 0 Å². The Kier molecular flexibility index (Phi) is 44.9. The first kappa shape index (κ1) is 115. The second kappa shape index (κ2) is 50.9. The van der Waals surface area contributed by atoms with Crippen LogP contribution in [0.4, 0.5) is 13.2 Å². The van der Waals surface area contributed by atoms with Gasteiger partial charge in [0.1, 0.15) is 5.75 Å². The monoisotopic (exact) mass is 1760 g/mol. The number of benzene rings is 12. The number of halogens is 3. The molecule has 0 aliphatic carbocycles. The molecule has 0 saturated carbocycles. The van der Waals surface area contributed by atoms with Gasteiger partial charge in [-0.05, 0) is 276 Å². The molecule has 0 saturated heterocycles. The summed E-state index contributed by atoms with van der Waals surface area (Å²) >= 11 is 0. The zero-order chi connectivity index (χ0) is 97.4. The normalized spacial score (nSPS) is 11.8. The summed E-state index contributed by atoms with van der Waals surface area (Å²) in [5, 5.41) is 2.65. The zero-order valence-corrected chi connectivity index (χ0v) is 87.3. The van der Waals surface area contributed by atoms with Crippen LogP contribution in [-0.4, -0.2) is 6.36 Å². The highest BCUT2D eigenvalue weighted by Crippen LogP contribution is 2.34. The lowest BCUT2D eigenvalue weighted by Crippen LogP contribution is -2.17. The summed E-state index contributed by atoms with van der Waals surface area (Å²) in [6, 6.07) is 100. The van der Waals surface area contributed by atoms with Crippen LogP contribution < -0.4 is 4.74 Å². The highest BCUT2D eigenvalue weighted by atomic mass is 19.4. The van der Waals surface area contributed by atoms with Gasteiger partial charge in [-0.15, -0.1) is 13.2 Å². The van der Waals surface area contributed by atoms with Crippen LogP contribution >= 0.6 is 0 Å². The van der Waals surface area contributed by atoms with Crippen molar-refractivity contribution in [3.05, 3.63) is 374 Å². The molecular formula is C126H175F3O. The summed E-state index contributed by atoms with van der Waals surface area (Å²) in [6.45, 7) is 80.6. The van der Waals surface area contributed by atoms with E-state index in [9.17, 15) is 13.2 Å². The Hall–Kier alpha value is -9.51. The van der Waals surface area contributed by atoms with Crippen molar-refractivity contribution in [2.45, 2.75) is 325 Å². The van der Waals surface area contributed by atoms with Gasteiger partial charge in [-0.25, -0.2) is 0 Å². The van der Waals surface area contributed by atoms with E-state index in [1.54, 1.807) is 12.1 Å². The SMILES string of the molecule is C.CC(C)(C)Cc1ccc(-c2ccccc2)cc1.CC(C)(C)Cc1ccc(C(C)(C)C)cc1.CC(C)(C)Cc1ccc(OC(F)(F)F)cc1.CC(C)(C)Cc1cccc(-c2ccccc2)c1.CC(C)(C)Cc1ccccc1.CC(C)(C)c1ccc2ccccc2c1.Cc1ccc(C)c(CC(C)(C)C)c1.Cc1ccc(CC(C)(C)C)cc1C.Cc1ccc(CC(C)(C)C)cc1C. The minimum Gasteiger partial charge on any atom is -0.406 e. The second-order valence-corrected chi connectivity index (χ2v) is 47.7. The lowest BCUT2D eigenvalue weighted by molar-refractivity contribution is -0.274. The van der Waals surface area contributed by atoms with Gasteiger partial charge in [-0.1, -0.05) is 494 Å². The maximum Gasteiger partial charge on any atom is 0.573 e. The van der Waals surface area contributed by atoms with E-state index in [1.165, 1.54) is 135 Å². The summed E-state index contributed by atoms with van der Waals surface area (Å²) in [4.78, 5) is 0. The largest absolute Gasteiger partial charge is 0.573 e. The first-order chi connectivity index (χ1) is 59.2. The molecule has 706 valence electrons. The number of hydrogen-bond donors (Lipinski definition) is 0. The fraction of sp³-hybridized carbons (Fsp3) is 0.444. The zero-order valence-electron chi connectivity index (χ0n) is 87.3. The van der Waals surface area contributed by atoms with E-state index in [2.05, 4.69) is 515 Å². The number of fused-ring (bicyclic) bond motifs is 1. The average molecular weight is 1760 g/mol. The molecule has 0 atom stereocenters. The molecule has 0 aliphatic rings. The van der Waals surface area contributed by atoms with E-state index >= 15 is 0 Å². The molecule has 0 radical (unpaired) electrons. The molecule has 0 aliphatic heterocycles. The maximum absolute atomic E-state index is 11.9. The van der Waals surface area contributed by atoms with Gasteiger partial charge in [0.15, 0.2) is 0 Å². The van der Waals surface area contributed by atoms with E-state index in [0.29, 0.717) is 37.9 Å². The first-order valence-corrected chi connectivity index (χ1v) is 47.2. The molecule has 0 bridgehead atoms. The molecule has 12 aromatic carbocycles. The Balaban J connectivity index is 0.000000378. The summed E-state index contributed by atoms with van der Waals surface area (Å²) in [5.41, 5.74) is 30.7. The third kappa shape index (κ3) is 51.3. The third-order valence-corrected chi connectivity index (χ3v) is 21.0. The highest BCUT2D eigenvalue weighted by molar-refractivity contribution is 5.83. The lowest BCUT2D eigenvalue weighted by Gasteiger charge is -2.21. The predicted molar refractivity (Wildman–Crippen MR) is 571 cm³/mol. The molecular weight excluding hydrogens is 1590 g/mol. The predicted octanol–water partition coefficient (Wildman–Crippen LogP) is 38.4. The van der Waals surface area contributed by atoms with Crippen molar-refractivity contribution in [2.75, 3.05) is 0 Å². The summed E-state index contributed by atoms with van der Waals surface area (Å²) in [5.74, 6) is -0.176. The molecule has 0 N–H and O–H groups in total.